The molecule has 0 heterocycles. The van der Waals surface area contributed by atoms with E-state index in [0.29, 0.717) is 6.04 Å². The van der Waals surface area contributed by atoms with E-state index in [2.05, 4.69) is 42.6 Å². The molecule has 2 N–H and O–H groups in total. The average molecular weight is 190 g/mol. The summed E-state index contributed by atoms with van der Waals surface area (Å²) in [6.07, 6.45) is 5.69. The van der Waals surface area contributed by atoms with Crippen LogP contribution in [-0.2, 0) is 0 Å². The summed E-state index contributed by atoms with van der Waals surface area (Å²) >= 11 is 0. The minimum absolute atomic E-state index is 0.624. The van der Waals surface area contributed by atoms with E-state index in [0.717, 1.165) is 6.04 Å². The van der Waals surface area contributed by atoms with Crippen molar-refractivity contribution in [3.8, 4) is 0 Å². The van der Waals surface area contributed by atoms with Crippen molar-refractivity contribution in [3.63, 3.8) is 0 Å². The average Bonchev–Trinajstić information content (AvgIpc) is 2.72. The molecule has 0 saturated heterocycles. The fourth-order valence-electron chi connectivity index (χ4n) is 2.43. The molecule has 1 fully saturated rings. The molecule has 76 valence electrons. The van der Waals surface area contributed by atoms with Gasteiger partial charge in [0.15, 0.2) is 0 Å². The highest BCUT2D eigenvalue weighted by atomic mass is 14.9. The summed E-state index contributed by atoms with van der Waals surface area (Å²) in [6, 6.07) is 12.3. The molecule has 0 aromatic heterocycles. The molecule has 1 atom stereocenters. The van der Waals surface area contributed by atoms with Crippen molar-refractivity contribution in [1.82, 2.24) is 0 Å². The minimum atomic E-state index is 0.624. The van der Waals surface area contributed by atoms with E-state index in [1.54, 1.807) is 0 Å². The Morgan fingerprint density at radius 1 is 1.14 bits per heavy atom. The molecule has 1 aromatic carbocycles. The lowest BCUT2D eigenvalue weighted by atomic mass is 10.1. The summed E-state index contributed by atoms with van der Waals surface area (Å²) in [4.78, 5) is 0. The summed E-state index contributed by atoms with van der Waals surface area (Å²) in [6.45, 7) is 2.31. The maximum Gasteiger partial charge on any atom is 0.109 e. The maximum absolute atomic E-state index is 2.54. The summed E-state index contributed by atoms with van der Waals surface area (Å²) in [5, 5.41) is 2.54. The second-order valence-corrected chi connectivity index (χ2v) is 4.44. The second-order valence-electron chi connectivity index (χ2n) is 4.44. The van der Waals surface area contributed by atoms with Crippen LogP contribution in [0.1, 0.15) is 44.2 Å². The van der Waals surface area contributed by atoms with Gasteiger partial charge in [-0.15, -0.1) is 0 Å². The van der Waals surface area contributed by atoms with E-state index in [1.807, 2.05) is 0 Å². The zero-order valence-electron chi connectivity index (χ0n) is 8.95. The molecule has 0 unspecified atom stereocenters. The van der Waals surface area contributed by atoms with E-state index in [9.17, 15) is 0 Å². The minimum Gasteiger partial charge on any atom is -0.338 e. The smallest absolute Gasteiger partial charge is 0.109 e. The largest absolute Gasteiger partial charge is 0.338 e. The van der Waals surface area contributed by atoms with E-state index in [-0.39, 0.29) is 0 Å². The molecule has 1 aliphatic carbocycles. The maximum atomic E-state index is 2.54. The van der Waals surface area contributed by atoms with E-state index < -0.39 is 0 Å². The summed E-state index contributed by atoms with van der Waals surface area (Å²) in [5.74, 6) is 0. The van der Waals surface area contributed by atoms with Crippen molar-refractivity contribution < 1.29 is 5.32 Å². The Kier molecular flexibility index (Phi) is 3.20. The van der Waals surface area contributed by atoms with Gasteiger partial charge in [-0.1, -0.05) is 30.3 Å². The summed E-state index contributed by atoms with van der Waals surface area (Å²) < 4.78 is 0. The van der Waals surface area contributed by atoms with Crippen molar-refractivity contribution in [3.05, 3.63) is 35.9 Å². The van der Waals surface area contributed by atoms with Crippen molar-refractivity contribution in [2.45, 2.75) is 44.7 Å². The third kappa shape index (κ3) is 2.36. The van der Waals surface area contributed by atoms with Crippen molar-refractivity contribution in [1.29, 1.82) is 0 Å². The first kappa shape index (κ1) is 9.72. The van der Waals surface area contributed by atoms with Crippen LogP contribution >= 0.6 is 0 Å². The van der Waals surface area contributed by atoms with E-state index in [4.69, 9.17) is 0 Å². The number of quaternary nitrogens is 1. The Labute approximate surface area is 86.5 Å². The zero-order valence-corrected chi connectivity index (χ0v) is 8.95. The molecular formula is C13H20N+. The van der Waals surface area contributed by atoms with Gasteiger partial charge in [0, 0.05) is 5.56 Å². The van der Waals surface area contributed by atoms with Crippen LogP contribution in [-0.4, -0.2) is 6.04 Å². The van der Waals surface area contributed by atoms with Crippen LogP contribution < -0.4 is 5.32 Å². The van der Waals surface area contributed by atoms with Gasteiger partial charge in [-0.3, -0.25) is 0 Å². The molecular weight excluding hydrogens is 170 g/mol. The van der Waals surface area contributed by atoms with Crippen molar-refractivity contribution in [2.75, 3.05) is 0 Å². The predicted octanol–water partition coefficient (Wildman–Crippen LogP) is 2.25. The molecule has 1 aromatic rings. The van der Waals surface area contributed by atoms with Crippen LogP contribution in [0.5, 0.6) is 0 Å². The van der Waals surface area contributed by atoms with Crippen LogP contribution in [0.3, 0.4) is 0 Å². The number of rotatable bonds is 3. The molecule has 0 amide bonds. The van der Waals surface area contributed by atoms with E-state index >= 15 is 0 Å². The van der Waals surface area contributed by atoms with Gasteiger partial charge in [0.2, 0.25) is 0 Å². The van der Waals surface area contributed by atoms with Gasteiger partial charge in [-0.05, 0) is 32.6 Å². The van der Waals surface area contributed by atoms with Crippen LogP contribution in [0.15, 0.2) is 30.3 Å². The van der Waals surface area contributed by atoms with Gasteiger partial charge < -0.3 is 5.32 Å². The summed E-state index contributed by atoms with van der Waals surface area (Å²) in [7, 11) is 0. The first-order valence-electron chi connectivity index (χ1n) is 5.76. The Balaban J connectivity index is 1.92. The number of benzene rings is 1. The van der Waals surface area contributed by atoms with Crippen LogP contribution in [0.2, 0.25) is 0 Å². The Hall–Kier alpha value is -0.820. The molecule has 14 heavy (non-hydrogen) atoms. The fraction of sp³-hybridized carbons (Fsp3) is 0.538. The number of hydrogen-bond donors (Lipinski definition) is 1. The van der Waals surface area contributed by atoms with Gasteiger partial charge >= 0.3 is 0 Å². The monoisotopic (exact) mass is 190 g/mol. The SMILES string of the molecule is C[C@H]([NH2+]C1CCCC1)c1ccccc1. The lowest BCUT2D eigenvalue weighted by Gasteiger charge is -2.15. The van der Waals surface area contributed by atoms with Gasteiger partial charge in [-0.25, -0.2) is 0 Å². The highest BCUT2D eigenvalue weighted by Gasteiger charge is 2.20. The van der Waals surface area contributed by atoms with E-state index in [1.165, 1.54) is 31.2 Å². The lowest BCUT2D eigenvalue weighted by Crippen LogP contribution is -2.89. The number of nitrogens with two attached hydrogens (primary N) is 1. The van der Waals surface area contributed by atoms with Crippen LogP contribution in [0.4, 0.5) is 0 Å². The van der Waals surface area contributed by atoms with Gasteiger partial charge in [0.05, 0.1) is 6.04 Å². The fourth-order valence-corrected chi connectivity index (χ4v) is 2.43. The second kappa shape index (κ2) is 4.61. The standard InChI is InChI=1S/C13H19N/c1-11(12-7-3-2-4-8-12)14-13-9-5-6-10-13/h2-4,7-8,11,13-14H,5-6,9-10H2,1H3/p+1/t11-/m0/s1. The molecule has 2 rings (SSSR count). The molecule has 0 radical (unpaired) electrons. The topological polar surface area (TPSA) is 16.6 Å². The van der Waals surface area contributed by atoms with Crippen molar-refractivity contribution in [2.24, 2.45) is 0 Å². The normalized spacial score (nSPS) is 19.8. The number of hydrogen-bond acceptors (Lipinski definition) is 0. The first-order chi connectivity index (χ1) is 6.86. The van der Waals surface area contributed by atoms with Gasteiger partial charge in [0.1, 0.15) is 6.04 Å². The molecule has 0 spiro atoms. The molecule has 1 saturated carbocycles. The Morgan fingerprint density at radius 3 is 2.43 bits per heavy atom. The lowest BCUT2D eigenvalue weighted by molar-refractivity contribution is -0.723. The Bertz CT molecular complexity index is 262. The molecule has 0 bridgehead atoms. The van der Waals surface area contributed by atoms with Gasteiger partial charge in [0.25, 0.3) is 0 Å². The van der Waals surface area contributed by atoms with Crippen LogP contribution in [0.25, 0.3) is 0 Å². The predicted molar refractivity (Wildman–Crippen MR) is 59.0 cm³/mol. The Morgan fingerprint density at radius 2 is 1.79 bits per heavy atom. The molecule has 1 nitrogen and oxygen atoms in total. The molecule has 1 heteroatoms. The summed E-state index contributed by atoms with van der Waals surface area (Å²) in [5.41, 5.74) is 1.46. The molecule has 1 aliphatic rings. The quantitative estimate of drug-likeness (QED) is 0.753. The van der Waals surface area contributed by atoms with Gasteiger partial charge in [-0.2, -0.15) is 0 Å². The third-order valence-corrected chi connectivity index (χ3v) is 3.29. The zero-order chi connectivity index (χ0) is 9.80. The van der Waals surface area contributed by atoms with Crippen LogP contribution in [0, 0.1) is 0 Å². The molecule has 0 aliphatic heterocycles. The highest BCUT2D eigenvalue weighted by molar-refractivity contribution is 5.16. The first-order valence-corrected chi connectivity index (χ1v) is 5.76. The van der Waals surface area contributed by atoms with Crippen molar-refractivity contribution >= 4 is 0 Å². The third-order valence-electron chi connectivity index (χ3n) is 3.29. The highest BCUT2D eigenvalue weighted by Crippen LogP contribution is 2.16.